The predicted octanol–water partition coefficient (Wildman–Crippen LogP) is 4.48. The lowest BCUT2D eigenvalue weighted by Crippen LogP contribution is -2.52. The lowest BCUT2D eigenvalue weighted by Gasteiger charge is -2.39. The average molecular weight is 435 g/mol. The van der Waals surface area contributed by atoms with Crippen molar-refractivity contribution in [1.82, 2.24) is 0 Å². The fourth-order valence-corrected chi connectivity index (χ4v) is 3.83. The van der Waals surface area contributed by atoms with Gasteiger partial charge in [0.1, 0.15) is 12.2 Å². The second-order valence-electron chi connectivity index (χ2n) is 7.96. The van der Waals surface area contributed by atoms with E-state index in [9.17, 15) is 5.11 Å². The topological polar surface area (TPSA) is 57.2 Å². The molecule has 0 saturated carbocycles. The number of benzene rings is 3. The van der Waals surface area contributed by atoms with Gasteiger partial charge in [-0.25, -0.2) is 0 Å². The Kier molecular flexibility index (Phi) is 8.42. The minimum absolute atomic E-state index is 0.302. The molecule has 1 heterocycles. The van der Waals surface area contributed by atoms with Crippen molar-refractivity contribution in [2.24, 2.45) is 0 Å². The van der Waals surface area contributed by atoms with E-state index >= 15 is 0 Å². The monoisotopic (exact) mass is 434 g/mol. The van der Waals surface area contributed by atoms with Crippen LogP contribution in [0.15, 0.2) is 91.0 Å². The van der Waals surface area contributed by atoms with Gasteiger partial charge >= 0.3 is 0 Å². The molecule has 5 nitrogen and oxygen atoms in total. The van der Waals surface area contributed by atoms with Gasteiger partial charge in [0, 0.05) is 6.42 Å². The van der Waals surface area contributed by atoms with Crippen molar-refractivity contribution in [2.45, 2.75) is 50.8 Å². The van der Waals surface area contributed by atoms with E-state index in [0.29, 0.717) is 32.8 Å². The van der Waals surface area contributed by atoms with Gasteiger partial charge in [0.05, 0.1) is 32.5 Å². The molecule has 4 rings (SSSR count). The summed E-state index contributed by atoms with van der Waals surface area (Å²) in [5, 5.41) is 10.4. The van der Waals surface area contributed by atoms with Crippen LogP contribution in [-0.4, -0.2) is 36.3 Å². The second-order valence-corrected chi connectivity index (χ2v) is 7.96. The standard InChI is InChI=1S/C27H30O5/c28-26-16-24(30-18-22-12-6-2-7-13-22)27(31-19-23-14-8-3-9-15-23)25(32-26)20-29-17-21-10-4-1-5-11-21/h1-15,24-28H,16-20H2/t24-,25?,26-,27?/m1/s1. The summed E-state index contributed by atoms with van der Waals surface area (Å²) in [5.74, 6) is 0. The van der Waals surface area contributed by atoms with Crippen molar-refractivity contribution in [1.29, 1.82) is 0 Å². The third-order valence-corrected chi connectivity index (χ3v) is 5.48. The van der Waals surface area contributed by atoms with Crippen molar-refractivity contribution in [2.75, 3.05) is 6.61 Å². The highest BCUT2D eigenvalue weighted by atomic mass is 16.6. The van der Waals surface area contributed by atoms with Gasteiger partial charge in [0.15, 0.2) is 6.29 Å². The Morgan fingerprint density at radius 2 is 1.19 bits per heavy atom. The van der Waals surface area contributed by atoms with Gasteiger partial charge < -0.3 is 24.1 Å². The third kappa shape index (κ3) is 6.73. The van der Waals surface area contributed by atoms with Gasteiger partial charge in [-0.15, -0.1) is 0 Å². The molecule has 168 valence electrons. The molecule has 4 atom stereocenters. The highest BCUT2D eigenvalue weighted by Crippen LogP contribution is 2.27. The van der Waals surface area contributed by atoms with Crippen molar-refractivity contribution in [3.63, 3.8) is 0 Å². The van der Waals surface area contributed by atoms with E-state index < -0.39 is 12.4 Å². The maximum atomic E-state index is 10.4. The van der Waals surface area contributed by atoms with E-state index in [-0.39, 0.29) is 12.2 Å². The van der Waals surface area contributed by atoms with Crippen molar-refractivity contribution in [3.05, 3.63) is 108 Å². The summed E-state index contributed by atoms with van der Waals surface area (Å²) < 4.78 is 24.3. The number of rotatable bonds is 10. The van der Waals surface area contributed by atoms with Crippen LogP contribution in [0.3, 0.4) is 0 Å². The lowest BCUT2D eigenvalue weighted by atomic mass is 10.0. The Labute approximate surface area is 189 Å². The van der Waals surface area contributed by atoms with Gasteiger partial charge in [-0.1, -0.05) is 91.0 Å². The quantitative estimate of drug-likeness (QED) is 0.510. The van der Waals surface area contributed by atoms with E-state index in [4.69, 9.17) is 18.9 Å². The highest BCUT2D eigenvalue weighted by molar-refractivity contribution is 5.15. The van der Waals surface area contributed by atoms with Gasteiger partial charge in [0.25, 0.3) is 0 Å². The maximum Gasteiger partial charge on any atom is 0.157 e. The normalized spacial score (nSPS) is 23.2. The van der Waals surface area contributed by atoms with Crippen molar-refractivity contribution < 1.29 is 24.1 Å². The Bertz CT molecular complexity index is 903. The molecule has 0 amide bonds. The van der Waals surface area contributed by atoms with Crippen LogP contribution in [0.25, 0.3) is 0 Å². The van der Waals surface area contributed by atoms with Crippen LogP contribution in [0.1, 0.15) is 23.1 Å². The maximum absolute atomic E-state index is 10.4. The zero-order valence-corrected chi connectivity index (χ0v) is 18.1. The minimum Gasteiger partial charge on any atom is -0.374 e. The molecule has 3 aromatic rings. The second kappa shape index (κ2) is 11.9. The number of ether oxygens (including phenoxy) is 4. The SMILES string of the molecule is O[C@H]1C[C@@H](OCc2ccccc2)C(OCc2ccccc2)C(COCc2ccccc2)O1. The summed E-state index contributed by atoms with van der Waals surface area (Å²) >= 11 is 0. The molecule has 0 spiro atoms. The van der Waals surface area contributed by atoms with E-state index in [1.165, 1.54) is 0 Å². The van der Waals surface area contributed by atoms with E-state index in [0.717, 1.165) is 16.7 Å². The van der Waals surface area contributed by atoms with Crippen LogP contribution >= 0.6 is 0 Å². The van der Waals surface area contributed by atoms with E-state index in [1.54, 1.807) is 0 Å². The Morgan fingerprint density at radius 3 is 1.75 bits per heavy atom. The van der Waals surface area contributed by atoms with Gasteiger partial charge in [0.2, 0.25) is 0 Å². The van der Waals surface area contributed by atoms with Crippen LogP contribution in [0.2, 0.25) is 0 Å². The minimum atomic E-state index is -0.919. The Morgan fingerprint density at radius 1 is 0.688 bits per heavy atom. The molecule has 2 unspecified atom stereocenters. The molecular weight excluding hydrogens is 404 g/mol. The molecule has 5 heteroatoms. The number of aliphatic hydroxyl groups excluding tert-OH is 1. The summed E-state index contributed by atoms with van der Waals surface area (Å²) in [6.45, 7) is 1.65. The molecule has 32 heavy (non-hydrogen) atoms. The molecule has 0 aliphatic carbocycles. The summed E-state index contributed by atoms with van der Waals surface area (Å²) in [6.07, 6.45) is -1.68. The number of hydrogen-bond donors (Lipinski definition) is 1. The van der Waals surface area contributed by atoms with Crippen LogP contribution in [-0.2, 0) is 38.8 Å². The van der Waals surface area contributed by atoms with E-state index in [2.05, 4.69) is 0 Å². The fourth-order valence-electron chi connectivity index (χ4n) is 3.83. The first kappa shape index (κ1) is 22.6. The van der Waals surface area contributed by atoms with Gasteiger partial charge in [-0.2, -0.15) is 0 Å². The first-order chi connectivity index (χ1) is 15.8. The number of hydrogen-bond acceptors (Lipinski definition) is 5. The lowest BCUT2D eigenvalue weighted by molar-refractivity contribution is -0.265. The molecule has 1 fully saturated rings. The zero-order valence-electron chi connectivity index (χ0n) is 18.1. The van der Waals surface area contributed by atoms with Crippen LogP contribution in [0.5, 0.6) is 0 Å². The van der Waals surface area contributed by atoms with Crippen LogP contribution in [0, 0.1) is 0 Å². The van der Waals surface area contributed by atoms with Crippen molar-refractivity contribution in [3.8, 4) is 0 Å². The molecular formula is C27H30O5. The summed E-state index contributed by atoms with van der Waals surface area (Å²) in [5.41, 5.74) is 3.24. The molecule has 1 aliphatic rings. The first-order valence-corrected chi connectivity index (χ1v) is 11.0. The largest absolute Gasteiger partial charge is 0.374 e. The van der Waals surface area contributed by atoms with Crippen LogP contribution in [0.4, 0.5) is 0 Å². The summed E-state index contributed by atoms with van der Waals surface area (Å²) in [6, 6.07) is 30.0. The Balaban J connectivity index is 1.42. The van der Waals surface area contributed by atoms with Crippen LogP contribution < -0.4 is 0 Å². The average Bonchev–Trinajstić information content (AvgIpc) is 2.84. The van der Waals surface area contributed by atoms with Gasteiger partial charge in [-0.05, 0) is 16.7 Å². The highest BCUT2D eigenvalue weighted by Gasteiger charge is 2.40. The Hall–Kier alpha value is -2.54. The molecule has 0 bridgehead atoms. The van der Waals surface area contributed by atoms with Gasteiger partial charge in [-0.3, -0.25) is 0 Å². The van der Waals surface area contributed by atoms with E-state index in [1.807, 2.05) is 91.0 Å². The van der Waals surface area contributed by atoms with Crippen molar-refractivity contribution >= 4 is 0 Å². The third-order valence-electron chi connectivity index (χ3n) is 5.48. The smallest absolute Gasteiger partial charge is 0.157 e. The fraction of sp³-hybridized carbons (Fsp3) is 0.333. The molecule has 0 radical (unpaired) electrons. The molecule has 1 aliphatic heterocycles. The molecule has 3 aromatic carbocycles. The molecule has 1 saturated heterocycles. The molecule has 0 aromatic heterocycles. The number of aliphatic hydroxyl groups is 1. The molecule has 1 N–H and O–H groups in total. The summed E-state index contributed by atoms with van der Waals surface area (Å²) in [7, 11) is 0. The predicted molar refractivity (Wildman–Crippen MR) is 122 cm³/mol. The summed E-state index contributed by atoms with van der Waals surface area (Å²) in [4.78, 5) is 0. The zero-order chi connectivity index (χ0) is 22.0. The first-order valence-electron chi connectivity index (χ1n) is 11.0.